The number of hydrogen-bond acceptors (Lipinski definition) is 10. The Hall–Kier alpha value is -4.57. The van der Waals surface area contributed by atoms with E-state index in [4.69, 9.17) is 16.6 Å². The zero-order valence-electron chi connectivity index (χ0n) is 30.2. The summed E-state index contributed by atoms with van der Waals surface area (Å²) in [6.45, 7) is 1.15. The monoisotopic (exact) mass is 778 g/mol. The summed E-state index contributed by atoms with van der Waals surface area (Å²) in [4.78, 5) is 73.7. The van der Waals surface area contributed by atoms with Gasteiger partial charge in [-0.3, -0.25) is 29.6 Å². The predicted octanol–water partition coefficient (Wildman–Crippen LogP) is 4.58. The minimum absolute atomic E-state index is 0.0848. The molecule has 1 unspecified atom stereocenters. The van der Waals surface area contributed by atoms with E-state index in [-0.39, 0.29) is 42.3 Å². The Balaban J connectivity index is 0.722. The highest BCUT2D eigenvalue weighted by atomic mass is 35.5. The lowest BCUT2D eigenvalue weighted by molar-refractivity contribution is -0.137. The molecule has 3 fully saturated rings. The summed E-state index contributed by atoms with van der Waals surface area (Å²) >= 11 is 7.81. The van der Waals surface area contributed by atoms with Gasteiger partial charge >= 0.3 is 6.03 Å². The molecule has 4 aliphatic rings. The van der Waals surface area contributed by atoms with E-state index >= 15 is 0 Å². The van der Waals surface area contributed by atoms with Crippen LogP contribution >= 0.6 is 22.9 Å². The van der Waals surface area contributed by atoms with Gasteiger partial charge < -0.3 is 26.2 Å². The molecule has 3 aromatic heterocycles. The molecule has 54 heavy (non-hydrogen) atoms. The van der Waals surface area contributed by atoms with E-state index < -0.39 is 11.9 Å². The number of halogens is 1. The maximum absolute atomic E-state index is 12.9. The van der Waals surface area contributed by atoms with E-state index in [0.717, 1.165) is 79.5 Å². The van der Waals surface area contributed by atoms with Crippen LogP contribution in [-0.2, 0) is 33.9 Å². The fourth-order valence-electron chi connectivity index (χ4n) is 7.46. The highest BCUT2D eigenvalue weighted by molar-refractivity contribution is 7.14. The number of hydrogen-bond donors (Lipinski definition) is 6. The molecule has 17 heteroatoms. The first kappa shape index (κ1) is 37.7. The second kappa shape index (κ2) is 17.3. The topological polar surface area (TPSA) is 203 Å². The summed E-state index contributed by atoms with van der Waals surface area (Å²) in [5, 5.41) is 22.6. The number of carbonyl (C=O) groups excluding carboxylic acids is 5. The minimum Gasteiger partial charge on any atom is -0.353 e. The SMILES string of the molecule is O=C1CCC(N2Cc3cc(CNC(=O)NCCCCCCC(=O)N[C@H]4CC[C@H](Nc5ncc(Cl)c(-c6cn[nH]c6CC6CC6)n5)CC4)sc3C2=O)C(=O)N1. The Kier molecular flexibility index (Phi) is 12.1. The molecule has 3 aromatic rings. The molecule has 288 valence electrons. The van der Waals surface area contributed by atoms with Crippen molar-refractivity contribution < 1.29 is 24.0 Å². The van der Waals surface area contributed by atoms with E-state index in [1.165, 1.54) is 29.1 Å². The lowest BCUT2D eigenvalue weighted by Gasteiger charge is -2.29. The molecule has 6 N–H and O–H groups in total. The maximum atomic E-state index is 12.9. The first-order valence-electron chi connectivity index (χ1n) is 19.1. The van der Waals surface area contributed by atoms with Crippen LogP contribution in [0.5, 0.6) is 0 Å². The van der Waals surface area contributed by atoms with Crippen LogP contribution in [0.1, 0.15) is 109 Å². The molecule has 6 amide bonds. The lowest BCUT2D eigenvalue weighted by atomic mass is 9.91. The van der Waals surface area contributed by atoms with Gasteiger partial charge in [0.2, 0.25) is 23.7 Å². The summed E-state index contributed by atoms with van der Waals surface area (Å²) in [5.41, 5.74) is 3.53. The van der Waals surface area contributed by atoms with Gasteiger partial charge in [-0.1, -0.05) is 24.4 Å². The van der Waals surface area contributed by atoms with Crippen molar-refractivity contribution in [1.82, 2.24) is 46.3 Å². The van der Waals surface area contributed by atoms with Crippen LogP contribution in [0.3, 0.4) is 0 Å². The van der Waals surface area contributed by atoms with Crippen molar-refractivity contribution in [3.63, 3.8) is 0 Å². The molecule has 7 rings (SSSR count). The Morgan fingerprint density at radius 1 is 0.963 bits per heavy atom. The number of aromatic amines is 1. The van der Waals surface area contributed by atoms with E-state index in [0.29, 0.717) is 59.9 Å². The van der Waals surface area contributed by atoms with Gasteiger partial charge in [-0.15, -0.1) is 11.3 Å². The summed E-state index contributed by atoms with van der Waals surface area (Å²) in [6.07, 6.45) is 14.9. The number of urea groups is 1. The number of rotatable bonds is 16. The van der Waals surface area contributed by atoms with Crippen molar-refractivity contribution in [3.8, 4) is 11.3 Å². The van der Waals surface area contributed by atoms with Gasteiger partial charge in [-0.2, -0.15) is 5.10 Å². The van der Waals surface area contributed by atoms with Crippen LogP contribution in [0.4, 0.5) is 10.7 Å². The van der Waals surface area contributed by atoms with Crippen LogP contribution in [0.25, 0.3) is 11.3 Å². The second-order valence-electron chi connectivity index (χ2n) is 14.8. The molecule has 1 atom stereocenters. The average molecular weight is 779 g/mol. The number of amides is 6. The number of aromatic nitrogens is 4. The van der Waals surface area contributed by atoms with Crippen molar-refractivity contribution in [2.75, 3.05) is 11.9 Å². The number of thiophene rings is 1. The standard InChI is InChI=1S/C37H47ClN10O5S/c38-27-19-40-36(46-32(27)26-18-42-47-28(26)15-21-6-7-21)44-24-10-8-23(9-11-24)43-30(49)5-3-1-2-4-14-39-37(53)41-17-25-16-22-20-48(35(52)33(22)54-25)29-12-13-31(50)45-34(29)51/h16,18-19,21,23-24,29H,1-15,17,20H2,(H,42,47)(H,43,49)(H2,39,41,53)(H,40,44,46)(H,45,50,51)/t23-,24-,29?. The second-order valence-corrected chi connectivity index (χ2v) is 16.3. The number of imide groups is 1. The largest absolute Gasteiger partial charge is 0.353 e. The first-order chi connectivity index (χ1) is 26.2. The average Bonchev–Trinajstić information content (AvgIpc) is 3.56. The molecule has 0 bridgehead atoms. The molecular formula is C37H47ClN10O5S. The van der Waals surface area contributed by atoms with Crippen molar-refractivity contribution in [2.24, 2.45) is 5.92 Å². The number of piperidine rings is 1. The Morgan fingerprint density at radius 3 is 2.54 bits per heavy atom. The quantitative estimate of drug-likeness (QED) is 0.0889. The third-order valence-corrected chi connectivity index (χ3v) is 12.1. The Bertz CT molecular complexity index is 1870. The molecule has 0 radical (unpaired) electrons. The molecule has 5 heterocycles. The van der Waals surface area contributed by atoms with E-state index in [1.807, 2.05) is 6.07 Å². The number of fused-ring (bicyclic) bond motifs is 1. The molecule has 2 saturated carbocycles. The van der Waals surface area contributed by atoms with Gasteiger partial charge in [0.25, 0.3) is 5.91 Å². The van der Waals surface area contributed by atoms with Crippen LogP contribution in [0, 0.1) is 5.92 Å². The maximum Gasteiger partial charge on any atom is 0.315 e. The Labute approximate surface area is 322 Å². The number of anilines is 1. The lowest BCUT2D eigenvalue weighted by Crippen LogP contribution is -2.52. The van der Waals surface area contributed by atoms with Gasteiger partial charge in [0, 0.05) is 54.1 Å². The van der Waals surface area contributed by atoms with E-state index in [1.54, 1.807) is 12.4 Å². The zero-order valence-corrected chi connectivity index (χ0v) is 31.8. The number of nitrogens with zero attached hydrogens (tertiary/aromatic N) is 4. The Morgan fingerprint density at radius 2 is 1.76 bits per heavy atom. The molecule has 1 saturated heterocycles. The van der Waals surface area contributed by atoms with Crippen LogP contribution in [0.15, 0.2) is 18.5 Å². The summed E-state index contributed by atoms with van der Waals surface area (Å²) in [5.74, 6) is 0.399. The summed E-state index contributed by atoms with van der Waals surface area (Å²) < 4.78 is 0. The smallest absolute Gasteiger partial charge is 0.315 e. The molecule has 2 aliphatic carbocycles. The van der Waals surface area contributed by atoms with Gasteiger partial charge in [-0.05, 0) is 81.8 Å². The highest BCUT2D eigenvalue weighted by Gasteiger charge is 2.40. The van der Waals surface area contributed by atoms with E-state index in [9.17, 15) is 24.0 Å². The van der Waals surface area contributed by atoms with Crippen LogP contribution in [-0.4, -0.2) is 79.4 Å². The number of carbonyl (C=O) groups is 5. The fourth-order valence-corrected chi connectivity index (χ4v) is 8.72. The van der Waals surface area contributed by atoms with Crippen LogP contribution < -0.4 is 26.6 Å². The summed E-state index contributed by atoms with van der Waals surface area (Å²) in [6, 6.07) is 1.37. The van der Waals surface area contributed by atoms with Gasteiger partial charge in [0.1, 0.15) is 6.04 Å². The number of unbranched alkanes of at least 4 members (excludes halogenated alkanes) is 3. The van der Waals surface area contributed by atoms with Crippen LogP contribution in [0.2, 0.25) is 5.02 Å². The molecule has 15 nitrogen and oxygen atoms in total. The van der Waals surface area contributed by atoms with Gasteiger partial charge in [0.05, 0.1) is 34.5 Å². The summed E-state index contributed by atoms with van der Waals surface area (Å²) in [7, 11) is 0. The fraction of sp³-hybridized carbons (Fsp3) is 0.568. The van der Waals surface area contributed by atoms with E-state index in [2.05, 4.69) is 41.8 Å². The minimum atomic E-state index is -0.634. The normalized spacial score (nSPS) is 21.1. The first-order valence-corrected chi connectivity index (χ1v) is 20.3. The number of H-pyrrole nitrogens is 1. The highest BCUT2D eigenvalue weighted by Crippen LogP contribution is 2.37. The predicted molar refractivity (Wildman–Crippen MR) is 203 cm³/mol. The van der Waals surface area contributed by atoms with Crippen molar-refractivity contribution in [3.05, 3.63) is 44.5 Å². The van der Waals surface area contributed by atoms with Crippen molar-refractivity contribution in [1.29, 1.82) is 0 Å². The third-order valence-electron chi connectivity index (χ3n) is 10.6. The molecule has 0 aromatic carbocycles. The van der Waals surface area contributed by atoms with Crippen molar-refractivity contribution >= 4 is 58.5 Å². The third kappa shape index (κ3) is 9.56. The molecule has 0 spiro atoms. The van der Waals surface area contributed by atoms with Crippen molar-refractivity contribution in [2.45, 2.75) is 121 Å². The molecule has 2 aliphatic heterocycles. The van der Waals surface area contributed by atoms with Gasteiger partial charge in [-0.25, -0.2) is 14.8 Å². The number of nitrogens with one attached hydrogen (secondary N) is 6. The zero-order chi connectivity index (χ0) is 37.6. The van der Waals surface area contributed by atoms with Gasteiger partial charge in [0.15, 0.2) is 0 Å². The molecular weight excluding hydrogens is 732 g/mol.